The van der Waals surface area contributed by atoms with Crippen molar-refractivity contribution < 1.29 is 14.3 Å². The number of thiophene rings is 1. The van der Waals surface area contributed by atoms with Gasteiger partial charge in [0.2, 0.25) is 0 Å². The molecule has 0 aliphatic carbocycles. The molecule has 162 valence electrons. The van der Waals surface area contributed by atoms with Gasteiger partial charge in [-0.05, 0) is 62.8 Å². The number of benzene rings is 1. The van der Waals surface area contributed by atoms with Crippen LogP contribution in [0.1, 0.15) is 39.4 Å². The van der Waals surface area contributed by atoms with Crippen LogP contribution in [-0.2, 0) is 4.74 Å². The van der Waals surface area contributed by atoms with Gasteiger partial charge in [-0.25, -0.2) is 4.79 Å². The molecule has 0 aliphatic heterocycles. The molecule has 0 saturated carbocycles. The lowest BCUT2D eigenvalue weighted by Gasteiger charge is -2.21. The largest absolute Gasteiger partial charge is 0.465 e. The number of rotatable bonds is 7. The van der Waals surface area contributed by atoms with E-state index < -0.39 is 5.97 Å². The summed E-state index contributed by atoms with van der Waals surface area (Å²) in [6.45, 7) is 7.83. The molecule has 0 bridgehead atoms. The average Bonchev–Trinajstić information content (AvgIpc) is 3.04. The Morgan fingerprint density at radius 1 is 1.10 bits per heavy atom. The fourth-order valence-corrected chi connectivity index (χ4v) is 4.47. The second-order valence-electron chi connectivity index (χ2n) is 6.75. The number of carbonyl (C=O) groups excluding carboxylic acids is 2. The molecule has 2 N–H and O–H groups in total. The Hall–Kier alpha value is -2.65. The summed E-state index contributed by atoms with van der Waals surface area (Å²) in [5.41, 5.74) is 2.84. The molecule has 1 heterocycles. The molecule has 2 rings (SSSR count). The van der Waals surface area contributed by atoms with E-state index >= 15 is 0 Å². The third kappa shape index (κ3) is 5.28. The van der Waals surface area contributed by atoms with Crippen LogP contribution in [0.2, 0.25) is 0 Å². The summed E-state index contributed by atoms with van der Waals surface area (Å²) < 4.78 is 4.90. The second kappa shape index (κ2) is 10.4. The molecule has 0 spiro atoms. The predicted molar refractivity (Wildman–Crippen MR) is 128 cm³/mol. The lowest BCUT2D eigenvalue weighted by Crippen LogP contribution is -2.22. The van der Waals surface area contributed by atoms with Crippen LogP contribution < -0.4 is 15.5 Å². The zero-order valence-electron chi connectivity index (χ0n) is 18.2. The molecule has 7 nitrogen and oxygen atoms in total. The number of hydrogen-bond donors (Lipinski definition) is 2. The summed E-state index contributed by atoms with van der Waals surface area (Å²) in [6.07, 6.45) is 0. The standard InChI is InChI=1S/C21H28N4O3S2/c1-7-25(8-2)15-11-9-14(10-12-15)22-21(29)23-18-16(20(27)28-6)13(3)17(30-18)19(26)24(4)5/h9-12H,7-8H2,1-6H3,(H2,22,23,29). The number of ether oxygens (including phenoxy) is 1. The highest BCUT2D eigenvalue weighted by Gasteiger charge is 2.26. The van der Waals surface area contributed by atoms with Crippen molar-refractivity contribution in [2.24, 2.45) is 0 Å². The summed E-state index contributed by atoms with van der Waals surface area (Å²) >= 11 is 6.61. The van der Waals surface area contributed by atoms with E-state index in [1.165, 1.54) is 23.3 Å². The van der Waals surface area contributed by atoms with Crippen LogP contribution >= 0.6 is 23.6 Å². The molecule has 9 heteroatoms. The van der Waals surface area contributed by atoms with Gasteiger partial charge < -0.3 is 25.2 Å². The zero-order chi connectivity index (χ0) is 22.4. The lowest BCUT2D eigenvalue weighted by molar-refractivity contribution is 0.0601. The minimum atomic E-state index is -0.518. The average molecular weight is 449 g/mol. The highest BCUT2D eigenvalue weighted by molar-refractivity contribution is 7.80. The first kappa shape index (κ1) is 23.6. The third-order valence-electron chi connectivity index (χ3n) is 4.62. The van der Waals surface area contributed by atoms with E-state index in [1.807, 2.05) is 24.3 Å². The SMILES string of the molecule is CCN(CC)c1ccc(NC(=S)Nc2sc(C(=O)N(C)C)c(C)c2C(=O)OC)cc1. The second-order valence-corrected chi connectivity index (χ2v) is 8.18. The topological polar surface area (TPSA) is 73.9 Å². The van der Waals surface area contributed by atoms with Crippen LogP contribution in [0.5, 0.6) is 0 Å². The molecular weight excluding hydrogens is 420 g/mol. The molecule has 0 radical (unpaired) electrons. The van der Waals surface area contributed by atoms with Crippen molar-refractivity contribution in [1.29, 1.82) is 0 Å². The summed E-state index contributed by atoms with van der Waals surface area (Å²) in [6, 6.07) is 7.95. The van der Waals surface area contributed by atoms with E-state index in [2.05, 4.69) is 29.4 Å². The van der Waals surface area contributed by atoms with Gasteiger partial charge in [0.1, 0.15) is 5.00 Å². The molecule has 0 unspecified atom stereocenters. The van der Waals surface area contributed by atoms with Gasteiger partial charge in [-0.15, -0.1) is 11.3 Å². The molecule has 1 amide bonds. The van der Waals surface area contributed by atoms with E-state index in [9.17, 15) is 9.59 Å². The number of hydrogen-bond acceptors (Lipinski definition) is 6. The number of nitrogens with one attached hydrogen (secondary N) is 2. The number of thiocarbonyl (C=S) groups is 1. The van der Waals surface area contributed by atoms with Crippen molar-refractivity contribution in [2.45, 2.75) is 20.8 Å². The van der Waals surface area contributed by atoms with Gasteiger partial charge in [0.25, 0.3) is 5.91 Å². The minimum Gasteiger partial charge on any atom is -0.465 e. The smallest absolute Gasteiger partial charge is 0.341 e. The van der Waals surface area contributed by atoms with Gasteiger partial charge in [-0.1, -0.05) is 0 Å². The first-order valence-electron chi connectivity index (χ1n) is 9.59. The van der Waals surface area contributed by atoms with Crippen molar-refractivity contribution in [3.05, 3.63) is 40.3 Å². The molecule has 2 aromatic rings. The van der Waals surface area contributed by atoms with Gasteiger partial charge in [-0.2, -0.15) is 0 Å². The predicted octanol–water partition coefficient (Wildman–Crippen LogP) is 4.20. The van der Waals surface area contributed by atoms with Gasteiger partial charge in [0.15, 0.2) is 5.11 Å². The highest BCUT2D eigenvalue weighted by atomic mass is 32.1. The van der Waals surface area contributed by atoms with Crippen LogP contribution in [0.4, 0.5) is 16.4 Å². The summed E-state index contributed by atoms with van der Waals surface area (Å²) in [4.78, 5) is 29.0. The molecule has 1 aromatic heterocycles. The van der Waals surface area contributed by atoms with Crippen molar-refractivity contribution in [3.63, 3.8) is 0 Å². The maximum absolute atomic E-state index is 12.5. The normalized spacial score (nSPS) is 10.3. The van der Waals surface area contributed by atoms with Crippen LogP contribution in [0.25, 0.3) is 0 Å². The molecule has 0 atom stereocenters. The van der Waals surface area contributed by atoms with E-state index in [4.69, 9.17) is 17.0 Å². The number of methoxy groups -OCH3 is 1. The number of esters is 1. The van der Waals surface area contributed by atoms with Gasteiger partial charge >= 0.3 is 5.97 Å². The number of nitrogens with zero attached hydrogens (tertiary/aromatic N) is 2. The van der Waals surface area contributed by atoms with E-state index in [0.717, 1.165) is 24.5 Å². The minimum absolute atomic E-state index is 0.179. The Bertz CT molecular complexity index is 919. The Kier molecular flexibility index (Phi) is 8.19. The molecule has 1 aromatic carbocycles. The highest BCUT2D eigenvalue weighted by Crippen LogP contribution is 2.34. The van der Waals surface area contributed by atoms with Crippen molar-refractivity contribution in [2.75, 3.05) is 49.8 Å². The molecular formula is C21H28N4O3S2. The lowest BCUT2D eigenvalue weighted by atomic mass is 10.1. The third-order valence-corrected chi connectivity index (χ3v) is 6.02. The molecule has 0 saturated heterocycles. The van der Waals surface area contributed by atoms with E-state index in [0.29, 0.717) is 26.1 Å². The van der Waals surface area contributed by atoms with Gasteiger partial charge in [0.05, 0.1) is 17.6 Å². The fraction of sp³-hybridized carbons (Fsp3) is 0.381. The Morgan fingerprint density at radius 3 is 2.20 bits per heavy atom. The van der Waals surface area contributed by atoms with Crippen LogP contribution in [0.3, 0.4) is 0 Å². The Morgan fingerprint density at radius 2 is 1.70 bits per heavy atom. The van der Waals surface area contributed by atoms with Crippen LogP contribution in [-0.4, -0.2) is 56.2 Å². The molecule has 0 aliphatic rings. The van der Waals surface area contributed by atoms with Crippen LogP contribution in [0.15, 0.2) is 24.3 Å². The van der Waals surface area contributed by atoms with Gasteiger partial charge in [-0.3, -0.25) is 4.79 Å². The Balaban J connectivity index is 2.22. The Labute approximate surface area is 187 Å². The summed E-state index contributed by atoms with van der Waals surface area (Å²) in [7, 11) is 4.64. The summed E-state index contributed by atoms with van der Waals surface area (Å²) in [5, 5.41) is 6.96. The zero-order valence-corrected chi connectivity index (χ0v) is 19.8. The first-order chi connectivity index (χ1) is 14.2. The summed E-state index contributed by atoms with van der Waals surface area (Å²) in [5.74, 6) is -0.697. The molecule has 0 fully saturated rings. The van der Waals surface area contributed by atoms with E-state index in [-0.39, 0.29) is 5.91 Å². The fourth-order valence-electron chi connectivity index (χ4n) is 2.97. The monoisotopic (exact) mass is 448 g/mol. The maximum atomic E-state index is 12.5. The maximum Gasteiger partial charge on any atom is 0.341 e. The van der Waals surface area contributed by atoms with Crippen LogP contribution in [0, 0.1) is 6.92 Å². The van der Waals surface area contributed by atoms with Crippen molar-refractivity contribution in [3.8, 4) is 0 Å². The van der Waals surface area contributed by atoms with Crippen molar-refractivity contribution in [1.82, 2.24) is 4.90 Å². The number of anilines is 3. The number of carbonyl (C=O) groups is 2. The molecule has 30 heavy (non-hydrogen) atoms. The number of amides is 1. The first-order valence-corrected chi connectivity index (χ1v) is 10.8. The van der Waals surface area contributed by atoms with E-state index in [1.54, 1.807) is 21.0 Å². The quantitative estimate of drug-likeness (QED) is 0.486. The van der Waals surface area contributed by atoms with Gasteiger partial charge in [0, 0.05) is 38.6 Å². The van der Waals surface area contributed by atoms with Crippen molar-refractivity contribution >= 4 is 56.9 Å².